The summed E-state index contributed by atoms with van der Waals surface area (Å²) in [4.78, 5) is 12.6. The van der Waals surface area contributed by atoms with Crippen molar-refractivity contribution in [1.29, 1.82) is 0 Å². The number of hydrogen-bond acceptors (Lipinski definition) is 5. The Morgan fingerprint density at radius 1 is 1.07 bits per heavy atom. The number of nitrogens with one attached hydrogen (secondary N) is 1. The molecule has 0 aromatic heterocycles. The summed E-state index contributed by atoms with van der Waals surface area (Å²) < 4.78 is 36.7. The molecule has 0 bridgehead atoms. The van der Waals surface area contributed by atoms with Gasteiger partial charge >= 0.3 is 0 Å². The van der Waals surface area contributed by atoms with Crippen LogP contribution in [0.3, 0.4) is 0 Å². The summed E-state index contributed by atoms with van der Waals surface area (Å²) in [6.07, 6.45) is 1.08. The van der Waals surface area contributed by atoms with Crippen molar-refractivity contribution >= 4 is 21.6 Å². The topological polar surface area (TPSA) is 84.9 Å². The second-order valence-corrected chi connectivity index (χ2v) is 9.12. The largest absolute Gasteiger partial charge is 0.497 e. The number of benzene rings is 2. The van der Waals surface area contributed by atoms with Crippen LogP contribution in [0.2, 0.25) is 0 Å². The number of nitrogens with zero attached hydrogens (tertiary/aromatic N) is 1. The van der Waals surface area contributed by atoms with Crippen molar-refractivity contribution in [3.8, 4) is 11.5 Å². The van der Waals surface area contributed by atoms with E-state index in [0.717, 1.165) is 21.9 Å². The van der Waals surface area contributed by atoms with E-state index in [4.69, 9.17) is 9.47 Å². The Morgan fingerprint density at radius 2 is 1.70 bits per heavy atom. The highest BCUT2D eigenvalue weighted by Crippen LogP contribution is 2.26. The number of carbonyl (C=O) groups excluding carboxylic acids is 1. The lowest BCUT2D eigenvalue weighted by Crippen LogP contribution is -2.48. The van der Waals surface area contributed by atoms with Gasteiger partial charge in [-0.2, -0.15) is 0 Å². The molecule has 0 spiro atoms. The van der Waals surface area contributed by atoms with Crippen LogP contribution in [0.1, 0.15) is 32.3 Å². The highest BCUT2D eigenvalue weighted by Gasteiger charge is 2.29. The molecule has 0 saturated heterocycles. The Kier molecular flexibility index (Phi) is 8.11. The molecule has 7 nitrogen and oxygen atoms in total. The number of para-hydroxylation sites is 1. The van der Waals surface area contributed by atoms with Crippen LogP contribution in [0.4, 0.5) is 5.69 Å². The van der Waals surface area contributed by atoms with Gasteiger partial charge in [0, 0.05) is 0 Å². The van der Waals surface area contributed by atoms with Gasteiger partial charge in [-0.05, 0) is 48.7 Å². The Morgan fingerprint density at radius 3 is 2.27 bits per heavy atom. The molecule has 30 heavy (non-hydrogen) atoms. The predicted octanol–water partition coefficient (Wildman–Crippen LogP) is 3.17. The molecule has 0 aliphatic carbocycles. The van der Waals surface area contributed by atoms with Gasteiger partial charge in [-0.15, -0.1) is 0 Å². The monoisotopic (exact) mass is 434 g/mol. The quantitative estimate of drug-likeness (QED) is 0.581. The van der Waals surface area contributed by atoms with E-state index in [0.29, 0.717) is 17.4 Å². The second-order valence-electron chi connectivity index (χ2n) is 7.26. The number of ether oxygens (including phenoxy) is 2. The summed E-state index contributed by atoms with van der Waals surface area (Å²) in [6.45, 7) is 6.27. The first-order valence-corrected chi connectivity index (χ1v) is 11.6. The summed E-state index contributed by atoms with van der Waals surface area (Å²) in [5.41, 5.74) is 1.49. The van der Waals surface area contributed by atoms with Crippen LogP contribution in [0.15, 0.2) is 48.5 Å². The van der Waals surface area contributed by atoms with Gasteiger partial charge in [-0.3, -0.25) is 9.10 Å². The fourth-order valence-corrected chi connectivity index (χ4v) is 4.28. The molecule has 0 aliphatic heterocycles. The lowest BCUT2D eigenvalue weighted by molar-refractivity contribution is -0.121. The third-order valence-corrected chi connectivity index (χ3v) is 5.86. The van der Waals surface area contributed by atoms with Gasteiger partial charge in [0.05, 0.1) is 25.6 Å². The zero-order valence-electron chi connectivity index (χ0n) is 18.1. The van der Waals surface area contributed by atoms with Crippen LogP contribution in [0.25, 0.3) is 0 Å². The van der Waals surface area contributed by atoms with Crippen LogP contribution in [-0.4, -0.2) is 46.9 Å². The number of carbonyl (C=O) groups is 1. The summed E-state index contributed by atoms with van der Waals surface area (Å²) in [5.74, 6) is 1.30. The third-order valence-electron chi connectivity index (χ3n) is 4.62. The van der Waals surface area contributed by atoms with Gasteiger partial charge in [-0.1, -0.05) is 32.0 Å². The van der Waals surface area contributed by atoms with E-state index in [9.17, 15) is 13.2 Å². The average Bonchev–Trinajstić information content (AvgIpc) is 2.70. The molecule has 0 radical (unpaired) electrons. The van der Waals surface area contributed by atoms with E-state index in [1.54, 1.807) is 31.2 Å². The van der Waals surface area contributed by atoms with Gasteiger partial charge < -0.3 is 14.8 Å². The molecule has 1 N–H and O–H groups in total. The predicted molar refractivity (Wildman–Crippen MR) is 119 cm³/mol. The fraction of sp³-hybridized carbons (Fsp3) is 0.409. The molecule has 2 aromatic rings. The van der Waals surface area contributed by atoms with Gasteiger partial charge in [0.25, 0.3) is 0 Å². The van der Waals surface area contributed by atoms with Crippen molar-refractivity contribution in [2.24, 2.45) is 0 Å². The van der Waals surface area contributed by atoms with E-state index in [2.05, 4.69) is 19.2 Å². The lowest BCUT2D eigenvalue weighted by Gasteiger charge is -2.28. The number of methoxy groups -OCH3 is 1. The molecule has 164 valence electrons. The first-order valence-electron chi connectivity index (χ1n) is 9.78. The molecular formula is C22H30N2O5S. The maximum Gasteiger partial charge on any atom is 0.243 e. The molecule has 0 aliphatic rings. The SMILES string of the molecule is COc1ccc(N(C(C)C(=O)NCCOc2ccccc2C(C)C)S(C)(=O)=O)cc1. The summed E-state index contributed by atoms with van der Waals surface area (Å²) in [7, 11) is -2.14. The Bertz CT molecular complexity index is 942. The minimum Gasteiger partial charge on any atom is -0.497 e. The summed E-state index contributed by atoms with van der Waals surface area (Å²) in [6, 6.07) is 13.4. The van der Waals surface area contributed by atoms with Gasteiger partial charge in [0.2, 0.25) is 15.9 Å². The van der Waals surface area contributed by atoms with E-state index in [-0.39, 0.29) is 13.2 Å². The smallest absolute Gasteiger partial charge is 0.243 e. The molecule has 1 atom stereocenters. The molecule has 2 aromatic carbocycles. The molecular weight excluding hydrogens is 404 g/mol. The van der Waals surface area contributed by atoms with Gasteiger partial charge in [-0.25, -0.2) is 8.42 Å². The second kappa shape index (κ2) is 10.3. The molecule has 0 heterocycles. The third kappa shape index (κ3) is 6.13. The molecule has 0 fully saturated rings. The zero-order chi connectivity index (χ0) is 22.3. The summed E-state index contributed by atoms with van der Waals surface area (Å²) in [5, 5.41) is 2.75. The highest BCUT2D eigenvalue weighted by molar-refractivity contribution is 7.92. The zero-order valence-corrected chi connectivity index (χ0v) is 18.9. The van der Waals surface area contributed by atoms with Crippen molar-refractivity contribution in [1.82, 2.24) is 5.32 Å². The highest BCUT2D eigenvalue weighted by atomic mass is 32.2. The standard InChI is InChI=1S/C22H30N2O5S/c1-16(2)20-8-6-7-9-21(20)29-15-14-23-22(25)17(3)24(30(5,26)27)18-10-12-19(28-4)13-11-18/h6-13,16-17H,14-15H2,1-5H3,(H,23,25). The molecule has 1 amide bonds. The van der Waals surface area contributed by atoms with Crippen LogP contribution in [0.5, 0.6) is 11.5 Å². The first kappa shape index (κ1) is 23.5. The van der Waals surface area contributed by atoms with Crippen LogP contribution in [0, 0.1) is 0 Å². The molecule has 1 unspecified atom stereocenters. The van der Waals surface area contributed by atoms with E-state index in [1.807, 2.05) is 24.3 Å². The molecule has 8 heteroatoms. The Labute approximate surface area is 179 Å². The average molecular weight is 435 g/mol. The number of hydrogen-bond donors (Lipinski definition) is 1. The van der Waals surface area contributed by atoms with Crippen molar-refractivity contribution in [2.75, 3.05) is 30.8 Å². The minimum atomic E-state index is -3.67. The normalized spacial score (nSPS) is 12.3. The number of anilines is 1. The van der Waals surface area contributed by atoms with Crippen molar-refractivity contribution in [3.05, 3.63) is 54.1 Å². The molecule has 2 rings (SSSR count). The van der Waals surface area contributed by atoms with Crippen LogP contribution in [-0.2, 0) is 14.8 Å². The maximum absolute atomic E-state index is 12.6. The Hall–Kier alpha value is -2.74. The van der Waals surface area contributed by atoms with Crippen molar-refractivity contribution in [3.63, 3.8) is 0 Å². The van der Waals surface area contributed by atoms with Crippen LogP contribution >= 0.6 is 0 Å². The van der Waals surface area contributed by atoms with Crippen LogP contribution < -0.4 is 19.1 Å². The van der Waals surface area contributed by atoms with Crippen molar-refractivity contribution < 1.29 is 22.7 Å². The molecule has 0 saturated carbocycles. The van der Waals surface area contributed by atoms with Crippen molar-refractivity contribution in [2.45, 2.75) is 32.7 Å². The first-order chi connectivity index (χ1) is 14.1. The maximum atomic E-state index is 12.6. The number of sulfonamides is 1. The van der Waals surface area contributed by atoms with E-state index in [1.165, 1.54) is 7.11 Å². The fourth-order valence-electron chi connectivity index (χ4n) is 3.11. The van der Waals surface area contributed by atoms with E-state index < -0.39 is 22.0 Å². The minimum absolute atomic E-state index is 0.260. The summed E-state index contributed by atoms with van der Waals surface area (Å²) >= 11 is 0. The lowest BCUT2D eigenvalue weighted by atomic mass is 10.0. The van der Waals surface area contributed by atoms with Gasteiger partial charge in [0.1, 0.15) is 24.1 Å². The number of amides is 1. The number of rotatable bonds is 10. The van der Waals surface area contributed by atoms with Gasteiger partial charge in [0.15, 0.2) is 0 Å². The van der Waals surface area contributed by atoms with E-state index >= 15 is 0 Å². The Balaban J connectivity index is 2.00.